The normalized spacial score (nSPS) is 21.7. The molecule has 1 aromatic rings. The lowest BCUT2D eigenvalue weighted by molar-refractivity contribution is 0.579. The molecule has 0 N–H and O–H groups in total. The fourth-order valence-electron chi connectivity index (χ4n) is 2.20. The zero-order chi connectivity index (χ0) is 10.5. The molecule has 0 unspecified atom stereocenters. The summed E-state index contributed by atoms with van der Waals surface area (Å²) in [5.74, 6) is 0.761. The van der Waals surface area contributed by atoms with E-state index in [4.69, 9.17) is 0 Å². The summed E-state index contributed by atoms with van der Waals surface area (Å²) < 4.78 is 13.0. The van der Waals surface area contributed by atoms with Crippen molar-refractivity contribution in [2.24, 2.45) is 0 Å². The van der Waals surface area contributed by atoms with Crippen molar-refractivity contribution < 1.29 is 4.57 Å². The van der Waals surface area contributed by atoms with Crippen molar-refractivity contribution >= 4 is 12.4 Å². The van der Waals surface area contributed by atoms with E-state index in [1.807, 2.05) is 6.92 Å². The predicted molar refractivity (Wildman–Crippen MR) is 60.1 cm³/mol. The minimum Gasteiger partial charge on any atom is -0.318 e. The Morgan fingerprint density at radius 2 is 1.60 bits per heavy atom. The number of hydrogen-bond acceptors (Lipinski definition) is 3. The Balaban J connectivity index is 2.01. The van der Waals surface area contributed by atoms with Crippen LogP contribution in [-0.4, -0.2) is 21.3 Å². The maximum Gasteiger partial charge on any atom is 0.125 e. The van der Waals surface area contributed by atoms with Gasteiger partial charge < -0.3 is 4.57 Å². The number of rotatable bonds is 3. The van der Waals surface area contributed by atoms with Crippen molar-refractivity contribution in [3.63, 3.8) is 0 Å². The summed E-state index contributed by atoms with van der Waals surface area (Å²) in [5, 5.41) is 0.929. The Bertz CT molecular complexity index is 405. The molecule has 80 valence electrons. The smallest absolute Gasteiger partial charge is 0.125 e. The van der Waals surface area contributed by atoms with Gasteiger partial charge in [-0.3, -0.25) is 0 Å². The van der Waals surface area contributed by atoms with E-state index in [1.54, 1.807) is 12.4 Å². The van der Waals surface area contributed by atoms with E-state index in [0.717, 1.165) is 36.8 Å². The van der Waals surface area contributed by atoms with Gasteiger partial charge in [0.25, 0.3) is 0 Å². The van der Waals surface area contributed by atoms with E-state index in [-0.39, 0.29) is 0 Å². The highest BCUT2D eigenvalue weighted by atomic mass is 31.2. The molecule has 0 aliphatic heterocycles. The lowest BCUT2D eigenvalue weighted by atomic mass is 10.6. The zero-order valence-corrected chi connectivity index (χ0v) is 9.78. The second kappa shape index (κ2) is 3.15. The molecule has 2 aliphatic rings. The standard InChI is InChI=1S/C11H15N2OP/c1-8-12-6-11(7-13-8)15(14,9-2-3-9)10-4-5-10/h6-7,9-10H,2-5H2,1H3. The highest BCUT2D eigenvalue weighted by Crippen LogP contribution is 2.69. The fraction of sp³-hybridized carbons (Fsp3) is 0.636. The zero-order valence-electron chi connectivity index (χ0n) is 8.89. The Kier molecular flexibility index (Phi) is 2.00. The monoisotopic (exact) mass is 222 g/mol. The molecule has 0 atom stereocenters. The second-order valence-corrected chi connectivity index (χ2v) is 8.06. The molecular weight excluding hydrogens is 207 g/mol. The lowest BCUT2D eigenvalue weighted by Gasteiger charge is -2.16. The van der Waals surface area contributed by atoms with Gasteiger partial charge >= 0.3 is 0 Å². The quantitative estimate of drug-likeness (QED) is 0.735. The molecule has 0 radical (unpaired) electrons. The molecule has 0 amide bonds. The molecule has 0 aromatic carbocycles. The molecule has 2 aliphatic carbocycles. The van der Waals surface area contributed by atoms with E-state index in [9.17, 15) is 4.57 Å². The fourth-order valence-corrected chi connectivity index (χ4v) is 5.95. The summed E-state index contributed by atoms with van der Waals surface area (Å²) in [5.41, 5.74) is 0.910. The van der Waals surface area contributed by atoms with Crippen molar-refractivity contribution in [1.82, 2.24) is 9.97 Å². The summed E-state index contributed by atoms with van der Waals surface area (Å²) in [6.45, 7) is 1.86. The topological polar surface area (TPSA) is 42.9 Å². The maximum atomic E-state index is 13.0. The molecule has 3 nitrogen and oxygen atoms in total. The first-order valence-electron chi connectivity index (χ1n) is 5.60. The Hall–Kier alpha value is -0.690. The molecule has 0 spiro atoms. The van der Waals surface area contributed by atoms with Crippen molar-refractivity contribution in [2.75, 3.05) is 0 Å². The minimum atomic E-state index is -2.14. The van der Waals surface area contributed by atoms with Crippen LogP contribution in [0.1, 0.15) is 31.5 Å². The van der Waals surface area contributed by atoms with Crippen LogP contribution in [0.25, 0.3) is 0 Å². The average molecular weight is 222 g/mol. The van der Waals surface area contributed by atoms with Crippen molar-refractivity contribution in [3.05, 3.63) is 18.2 Å². The van der Waals surface area contributed by atoms with Crippen LogP contribution < -0.4 is 5.30 Å². The molecular formula is C11H15N2OP. The Labute approximate surface area is 89.7 Å². The van der Waals surface area contributed by atoms with E-state index >= 15 is 0 Å². The molecule has 0 saturated heterocycles. The minimum absolute atomic E-state index is 0.455. The van der Waals surface area contributed by atoms with Crippen LogP contribution in [0.4, 0.5) is 0 Å². The van der Waals surface area contributed by atoms with Crippen molar-refractivity contribution in [2.45, 2.75) is 43.9 Å². The van der Waals surface area contributed by atoms with Gasteiger partial charge in [-0.05, 0) is 32.6 Å². The number of hydrogen-bond donors (Lipinski definition) is 0. The van der Waals surface area contributed by atoms with E-state index in [0.29, 0.717) is 11.3 Å². The summed E-state index contributed by atoms with van der Waals surface area (Å²) in [4.78, 5) is 8.36. The second-order valence-electron chi connectivity index (χ2n) is 4.66. The van der Waals surface area contributed by atoms with Gasteiger partial charge in [0.2, 0.25) is 0 Å². The van der Waals surface area contributed by atoms with Crippen LogP contribution in [0.2, 0.25) is 0 Å². The van der Waals surface area contributed by atoms with Crippen LogP contribution >= 0.6 is 7.14 Å². The molecule has 1 heterocycles. The summed E-state index contributed by atoms with van der Waals surface area (Å²) in [6, 6.07) is 0. The molecule has 4 heteroatoms. The van der Waals surface area contributed by atoms with Crippen LogP contribution in [0.5, 0.6) is 0 Å². The SMILES string of the molecule is Cc1ncc(P(=O)(C2CC2)C2CC2)cn1. The molecule has 1 aromatic heterocycles. The third-order valence-electron chi connectivity index (χ3n) is 3.35. The van der Waals surface area contributed by atoms with Crippen LogP contribution in [0.15, 0.2) is 12.4 Å². The molecule has 0 bridgehead atoms. The molecule has 2 saturated carbocycles. The summed E-state index contributed by atoms with van der Waals surface area (Å²) >= 11 is 0. The first-order chi connectivity index (χ1) is 7.21. The first kappa shape index (κ1) is 9.53. The van der Waals surface area contributed by atoms with Gasteiger partial charge in [0, 0.05) is 29.0 Å². The largest absolute Gasteiger partial charge is 0.318 e. The van der Waals surface area contributed by atoms with Gasteiger partial charge in [-0.1, -0.05) is 0 Å². The summed E-state index contributed by atoms with van der Waals surface area (Å²) in [6.07, 6.45) is 8.14. The Morgan fingerprint density at radius 3 is 2.00 bits per heavy atom. The van der Waals surface area contributed by atoms with Gasteiger partial charge in [-0.25, -0.2) is 9.97 Å². The van der Waals surface area contributed by atoms with Gasteiger partial charge in [-0.2, -0.15) is 0 Å². The van der Waals surface area contributed by atoms with Gasteiger partial charge in [0.15, 0.2) is 0 Å². The van der Waals surface area contributed by atoms with E-state index < -0.39 is 7.14 Å². The molecule has 2 fully saturated rings. The van der Waals surface area contributed by atoms with Crippen LogP contribution in [-0.2, 0) is 4.57 Å². The van der Waals surface area contributed by atoms with Gasteiger partial charge in [-0.15, -0.1) is 0 Å². The molecule has 3 rings (SSSR count). The van der Waals surface area contributed by atoms with Gasteiger partial charge in [0.05, 0.1) is 0 Å². The lowest BCUT2D eigenvalue weighted by Crippen LogP contribution is -2.14. The van der Waals surface area contributed by atoms with Crippen LogP contribution in [0.3, 0.4) is 0 Å². The highest BCUT2D eigenvalue weighted by molar-refractivity contribution is 7.73. The predicted octanol–water partition coefficient (Wildman–Crippen LogP) is 2.10. The van der Waals surface area contributed by atoms with Crippen molar-refractivity contribution in [1.29, 1.82) is 0 Å². The number of aryl methyl sites for hydroxylation is 1. The summed E-state index contributed by atoms with van der Waals surface area (Å²) in [7, 11) is -2.14. The van der Waals surface area contributed by atoms with E-state index in [1.165, 1.54) is 0 Å². The van der Waals surface area contributed by atoms with Crippen LogP contribution in [0, 0.1) is 6.92 Å². The Morgan fingerprint density at radius 1 is 1.13 bits per heavy atom. The first-order valence-corrected chi connectivity index (χ1v) is 7.44. The highest BCUT2D eigenvalue weighted by Gasteiger charge is 2.51. The number of nitrogens with zero attached hydrogens (tertiary/aromatic N) is 2. The number of aromatic nitrogens is 2. The average Bonchev–Trinajstić information content (AvgIpc) is 3.07. The third-order valence-corrected chi connectivity index (χ3v) is 7.59. The maximum absolute atomic E-state index is 13.0. The third kappa shape index (κ3) is 1.53. The van der Waals surface area contributed by atoms with Gasteiger partial charge in [0.1, 0.15) is 13.0 Å². The van der Waals surface area contributed by atoms with E-state index in [2.05, 4.69) is 9.97 Å². The van der Waals surface area contributed by atoms with Crippen molar-refractivity contribution in [3.8, 4) is 0 Å². The molecule has 15 heavy (non-hydrogen) atoms.